The van der Waals surface area contributed by atoms with Gasteiger partial charge >= 0.3 is 0 Å². The Kier molecular flexibility index (Phi) is 10.4. The number of phenolic OH excluding ortho intramolecular Hbond substituents is 3. The van der Waals surface area contributed by atoms with Gasteiger partial charge in [-0.25, -0.2) is 0 Å². The summed E-state index contributed by atoms with van der Waals surface area (Å²) in [6, 6.07) is 2.58. The lowest BCUT2D eigenvalue weighted by molar-refractivity contribution is 0.417. The lowest BCUT2D eigenvalue weighted by Crippen LogP contribution is -1.89. The second-order valence-electron chi connectivity index (χ2n) is 7.43. The Morgan fingerprint density at radius 2 is 1.08 bits per heavy atom. The fraction of sp³-hybridized carbons (Fsp3) is 0.714. The van der Waals surface area contributed by atoms with Crippen LogP contribution in [0.25, 0.3) is 0 Å². The smallest absolute Gasteiger partial charge is 0.126 e. The highest BCUT2D eigenvalue weighted by molar-refractivity contribution is 5.48. The van der Waals surface area contributed by atoms with Crippen LogP contribution in [0.15, 0.2) is 12.1 Å². The lowest BCUT2D eigenvalue weighted by Gasteiger charge is -2.08. The van der Waals surface area contributed by atoms with Crippen molar-refractivity contribution in [2.24, 2.45) is 5.92 Å². The van der Waals surface area contributed by atoms with Gasteiger partial charge in [0.05, 0.1) is 0 Å². The maximum absolute atomic E-state index is 9.74. The van der Waals surface area contributed by atoms with E-state index in [1.165, 1.54) is 69.9 Å². The Balaban J connectivity index is 1.96. The first-order valence-corrected chi connectivity index (χ1v) is 9.74. The maximum atomic E-state index is 9.74. The lowest BCUT2D eigenvalue weighted by atomic mass is 10.0. The van der Waals surface area contributed by atoms with E-state index in [-0.39, 0.29) is 17.2 Å². The van der Waals surface area contributed by atoms with Crippen LogP contribution in [0.5, 0.6) is 17.2 Å². The fourth-order valence-electron chi connectivity index (χ4n) is 3.15. The standard InChI is InChI=1S/C21H36O3/c1-17(2)13-11-9-7-5-3-4-6-8-10-12-14-19-20(23)15-18(22)16-21(19)24/h15-17,22-24H,3-14H2,1-2H3. The molecule has 0 radical (unpaired) electrons. The summed E-state index contributed by atoms with van der Waals surface area (Å²) in [5.41, 5.74) is 0.550. The van der Waals surface area contributed by atoms with E-state index in [0.717, 1.165) is 18.8 Å². The Hall–Kier alpha value is -1.38. The van der Waals surface area contributed by atoms with Crippen molar-refractivity contribution in [1.82, 2.24) is 0 Å². The Morgan fingerprint density at radius 3 is 1.54 bits per heavy atom. The third kappa shape index (κ3) is 9.05. The molecule has 3 heteroatoms. The average Bonchev–Trinajstić information content (AvgIpc) is 2.50. The highest BCUT2D eigenvalue weighted by Crippen LogP contribution is 2.33. The molecule has 1 aromatic carbocycles. The van der Waals surface area contributed by atoms with Crippen LogP contribution in [0.4, 0.5) is 0 Å². The maximum Gasteiger partial charge on any atom is 0.126 e. The molecular formula is C21H36O3. The van der Waals surface area contributed by atoms with Crippen molar-refractivity contribution in [3.05, 3.63) is 17.7 Å². The zero-order valence-corrected chi connectivity index (χ0v) is 15.6. The van der Waals surface area contributed by atoms with Gasteiger partial charge in [-0.15, -0.1) is 0 Å². The molecule has 1 rings (SSSR count). The number of aromatic hydroxyl groups is 3. The predicted molar refractivity (Wildman–Crippen MR) is 101 cm³/mol. The number of hydrogen-bond acceptors (Lipinski definition) is 3. The van der Waals surface area contributed by atoms with Gasteiger partial charge in [-0.3, -0.25) is 0 Å². The van der Waals surface area contributed by atoms with Gasteiger partial charge in [-0.1, -0.05) is 78.1 Å². The molecule has 24 heavy (non-hydrogen) atoms. The molecule has 0 bridgehead atoms. The second-order valence-corrected chi connectivity index (χ2v) is 7.43. The van der Waals surface area contributed by atoms with Crippen molar-refractivity contribution in [3.8, 4) is 17.2 Å². The molecule has 3 nitrogen and oxygen atoms in total. The SMILES string of the molecule is CC(C)CCCCCCCCCCCCc1c(O)cc(O)cc1O. The van der Waals surface area contributed by atoms with Gasteiger partial charge in [0.15, 0.2) is 0 Å². The van der Waals surface area contributed by atoms with Crippen LogP contribution in [-0.4, -0.2) is 15.3 Å². The predicted octanol–water partition coefficient (Wildman–Crippen LogP) is 6.29. The van der Waals surface area contributed by atoms with Crippen LogP contribution in [0.3, 0.4) is 0 Å². The summed E-state index contributed by atoms with van der Waals surface area (Å²) in [5, 5.41) is 28.8. The molecule has 0 amide bonds. The van der Waals surface area contributed by atoms with Crippen LogP contribution in [-0.2, 0) is 6.42 Å². The van der Waals surface area contributed by atoms with Gasteiger partial charge in [0, 0.05) is 17.7 Å². The molecule has 0 aromatic heterocycles. The summed E-state index contributed by atoms with van der Waals surface area (Å²) in [5.74, 6) is 0.725. The molecule has 138 valence electrons. The molecular weight excluding hydrogens is 300 g/mol. The summed E-state index contributed by atoms with van der Waals surface area (Å²) < 4.78 is 0. The van der Waals surface area contributed by atoms with Gasteiger partial charge in [-0.2, -0.15) is 0 Å². The van der Waals surface area contributed by atoms with Gasteiger partial charge < -0.3 is 15.3 Å². The minimum absolute atomic E-state index is 0.00929. The number of benzene rings is 1. The number of rotatable bonds is 13. The van der Waals surface area contributed by atoms with Crippen LogP contribution in [0.1, 0.15) is 90.0 Å². The van der Waals surface area contributed by atoms with E-state index in [0.29, 0.717) is 12.0 Å². The molecule has 3 N–H and O–H groups in total. The summed E-state index contributed by atoms with van der Waals surface area (Å²) in [6.07, 6.45) is 14.8. The third-order valence-electron chi connectivity index (χ3n) is 4.65. The number of unbranched alkanes of at least 4 members (excludes halogenated alkanes) is 9. The van der Waals surface area contributed by atoms with Crippen LogP contribution < -0.4 is 0 Å². The van der Waals surface area contributed by atoms with Crippen molar-refractivity contribution < 1.29 is 15.3 Å². The minimum atomic E-state index is -0.0991. The van der Waals surface area contributed by atoms with Gasteiger partial charge in [0.2, 0.25) is 0 Å². The van der Waals surface area contributed by atoms with Crippen molar-refractivity contribution in [2.45, 2.75) is 90.9 Å². The molecule has 0 heterocycles. The summed E-state index contributed by atoms with van der Waals surface area (Å²) in [4.78, 5) is 0. The molecule has 0 fully saturated rings. The normalized spacial score (nSPS) is 11.3. The van der Waals surface area contributed by atoms with Crippen LogP contribution in [0.2, 0.25) is 0 Å². The first-order valence-electron chi connectivity index (χ1n) is 9.74. The van der Waals surface area contributed by atoms with Crippen molar-refractivity contribution >= 4 is 0 Å². The number of hydrogen-bond donors (Lipinski definition) is 3. The van der Waals surface area contributed by atoms with Crippen molar-refractivity contribution in [2.75, 3.05) is 0 Å². The molecule has 1 aromatic rings. The second kappa shape index (κ2) is 12.0. The third-order valence-corrected chi connectivity index (χ3v) is 4.65. The molecule has 0 aliphatic rings. The molecule has 0 aliphatic carbocycles. The van der Waals surface area contributed by atoms with E-state index in [9.17, 15) is 15.3 Å². The molecule has 0 unspecified atom stereocenters. The van der Waals surface area contributed by atoms with E-state index < -0.39 is 0 Å². The highest BCUT2D eigenvalue weighted by atomic mass is 16.3. The van der Waals surface area contributed by atoms with Gasteiger partial charge in [0.25, 0.3) is 0 Å². The molecule has 0 aliphatic heterocycles. The Morgan fingerprint density at radius 1 is 0.667 bits per heavy atom. The minimum Gasteiger partial charge on any atom is -0.508 e. The highest BCUT2D eigenvalue weighted by Gasteiger charge is 2.09. The van der Waals surface area contributed by atoms with Crippen LogP contribution in [0, 0.1) is 5.92 Å². The molecule has 0 saturated heterocycles. The zero-order valence-electron chi connectivity index (χ0n) is 15.6. The first-order chi connectivity index (χ1) is 11.5. The number of phenols is 3. The summed E-state index contributed by atoms with van der Waals surface area (Å²) >= 11 is 0. The van der Waals surface area contributed by atoms with E-state index in [4.69, 9.17) is 0 Å². The summed E-state index contributed by atoms with van der Waals surface area (Å²) in [6.45, 7) is 4.59. The van der Waals surface area contributed by atoms with E-state index in [1.54, 1.807) is 0 Å². The van der Waals surface area contributed by atoms with Gasteiger partial charge in [-0.05, 0) is 18.8 Å². The first kappa shape index (κ1) is 20.7. The summed E-state index contributed by atoms with van der Waals surface area (Å²) in [7, 11) is 0. The molecule has 0 atom stereocenters. The zero-order chi connectivity index (χ0) is 17.8. The average molecular weight is 337 g/mol. The molecule has 0 saturated carbocycles. The van der Waals surface area contributed by atoms with E-state index in [1.807, 2.05) is 0 Å². The quantitative estimate of drug-likeness (QED) is 0.371. The molecule has 0 spiro atoms. The van der Waals surface area contributed by atoms with Crippen LogP contribution >= 0.6 is 0 Å². The largest absolute Gasteiger partial charge is 0.508 e. The van der Waals surface area contributed by atoms with Gasteiger partial charge in [0.1, 0.15) is 17.2 Å². The topological polar surface area (TPSA) is 60.7 Å². The van der Waals surface area contributed by atoms with Crippen molar-refractivity contribution in [3.63, 3.8) is 0 Å². The fourth-order valence-corrected chi connectivity index (χ4v) is 3.15. The monoisotopic (exact) mass is 336 g/mol. The Bertz CT molecular complexity index is 431. The van der Waals surface area contributed by atoms with E-state index in [2.05, 4.69) is 13.8 Å². The van der Waals surface area contributed by atoms with E-state index >= 15 is 0 Å². The van der Waals surface area contributed by atoms with Crippen molar-refractivity contribution in [1.29, 1.82) is 0 Å². The Labute approximate surface area is 147 Å².